The predicted octanol–water partition coefficient (Wildman–Crippen LogP) is 4.60. The van der Waals surface area contributed by atoms with Gasteiger partial charge in [0.15, 0.2) is 0 Å². The van der Waals surface area contributed by atoms with Crippen LogP contribution in [-0.2, 0) is 11.2 Å². The Morgan fingerprint density at radius 2 is 1.83 bits per heavy atom. The number of halogens is 1. The highest BCUT2D eigenvalue weighted by atomic mass is 19.1. The molecule has 5 heteroatoms. The third-order valence-corrected chi connectivity index (χ3v) is 6.72. The molecule has 4 nitrogen and oxygen atoms in total. The summed E-state index contributed by atoms with van der Waals surface area (Å²) in [5.74, 6) is -0.415. The molecule has 5 rings (SSSR count). The van der Waals surface area contributed by atoms with E-state index in [1.165, 1.54) is 38.9 Å². The van der Waals surface area contributed by atoms with Crippen LogP contribution in [0.5, 0.6) is 0 Å². The Bertz CT molecular complexity index is 1160. The molecule has 1 unspecified atom stereocenters. The number of hydrogen-bond donors (Lipinski definition) is 0. The molecule has 0 bridgehead atoms. The highest BCUT2D eigenvalue weighted by Crippen LogP contribution is 2.42. The summed E-state index contributed by atoms with van der Waals surface area (Å²) >= 11 is 0. The summed E-state index contributed by atoms with van der Waals surface area (Å²) < 4.78 is 13.7. The van der Waals surface area contributed by atoms with Crippen LogP contribution < -0.4 is 4.90 Å². The molecule has 3 aromatic carbocycles. The van der Waals surface area contributed by atoms with Gasteiger partial charge in [-0.3, -0.25) is 14.6 Å². The lowest BCUT2D eigenvalue weighted by molar-refractivity contribution is -0.108. The van der Waals surface area contributed by atoms with Gasteiger partial charge in [0.1, 0.15) is 11.4 Å². The minimum absolute atomic E-state index is 0.293. The van der Waals surface area contributed by atoms with Crippen molar-refractivity contribution in [1.82, 2.24) is 4.90 Å². The molecule has 1 atom stereocenters. The van der Waals surface area contributed by atoms with E-state index >= 15 is 0 Å². The lowest BCUT2D eigenvalue weighted by Crippen LogP contribution is -2.55. The number of anilines is 1. The van der Waals surface area contributed by atoms with Crippen LogP contribution in [0.1, 0.15) is 30.0 Å². The first-order valence-corrected chi connectivity index (χ1v) is 10.3. The molecule has 1 heterocycles. The second-order valence-electron chi connectivity index (χ2n) is 8.22. The van der Waals surface area contributed by atoms with Crippen molar-refractivity contribution in [2.24, 2.45) is 0 Å². The molecular formula is C25H22FN3O. The average molecular weight is 399 g/mol. The van der Waals surface area contributed by atoms with Gasteiger partial charge in [-0.15, -0.1) is 0 Å². The topological polar surface area (TPSA) is 47.3 Å². The first-order valence-electron chi connectivity index (χ1n) is 10.3. The number of carbonyl (C=O) groups excluding carboxylic acids is 1. The summed E-state index contributed by atoms with van der Waals surface area (Å²) in [6.45, 7) is 1.42. The first kappa shape index (κ1) is 18.8. The maximum Gasteiger partial charge on any atom is 0.215 e. The quantitative estimate of drug-likeness (QED) is 0.603. The standard InChI is InChI=1S/C25H22FN3O/c26-20-7-3-8-21(15-20)29(17-30)25(16-27)10-12-28(13-11-25)23-14-19-6-1-4-18-5-2-9-22(23)24(18)19/h1-9,15,17,23H,10-14H2. The fourth-order valence-corrected chi connectivity index (χ4v) is 5.19. The molecule has 0 aromatic heterocycles. The Labute approximate surface area is 175 Å². The normalized spacial score (nSPS) is 20.1. The molecule has 0 N–H and O–H groups in total. The molecule has 150 valence electrons. The Morgan fingerprint density at radius 1 is 1.10 bits per heavy atom. The largest absolute Gasteiger partial charge is 0.296 e. The predicted molar refractivity (Wildman–Crippen MR) is 114 cm³/mol. The van der Waals surface area contributed by atoms with Crippen LogP contribution >= 0.6 is 0 Å². The molecule has 0 spiro atoms. The van der Waals surface area contributed by atoms with Gasteiger partial charge in [0.2, 0.25) is 6.41 Å². The van der Waals surface area contributed by atoms with Crippen molar-refractivity contribution in [2.45, 2.75) is 30.8 Å². The van der Waals surface area contributed by atoms with Crippen LogP contribution in [0.15, 0.2) is 60.7 Å². The second-order valence-corrected chi connectivity index (χ2v) is 8.22. The summed E-state index contributed by atoms with van der Waals surface area (Å²) in [4.78, 5) is 15.8. The van der Waals surface area contributed by atoms with Crippen LogP contribution in [-0.4, -0.2) is 29.9 Å². The molecule has 1 saturated heterocycles. The Balaban J connectivity index is 1.40. The SMILES string of the molecule is N#CC1(N(C=O)c2cccc(F)c2)CCN(C2Cc3cccc4cccc2c34)CC1. The van der Waals surface area contributed by atoms with E-state index in [0.29, 0.717) is 44.1 Å². The zero-order valence-electron chi connectivity index (χ0n) is 16.6. The number of amides is 1. The molecule has 1 aliphatic heterocycles. The van der Waals surface area contributed by atoms with Crippen molar-refractivity contribution in [3.63, 3.8) is 0 Å². The Hall–Kier alpha value is -3.23. The van der Waals surface area contributed by atoms with Crippen LogP contribution in [0.25, 0.3) is 10.8 Å². The fraction of sp³-hybridized carbons (Fsp3) is 0.280. The summed E-state index contributed by atoms with van der Waals surface area (Å²) in [5, 5.41) is 12.7. The first-order chi connectivity index (χ1) is 14.6. The lowest BCUT2D eigenvalue weighted by atomic mass is 9.85. The number of carbonyl (C=O) groups is 1. The van der Waals surface area contributed by atoms with Crippen molar-refractivity contribution in [1.29, 1.82) is 5.26 Å². The van der Waals surface area contributed by atoms with Crippen LogP contribution in [0.3, 0.4) is 0 Å². The number of piperidine rings is 1. The van der Waals surface area contributed by atoms with Crippen molar-refractivity contribution in [3.05, 3.63) is 77.6 Å². The van der Waals surface area contributed by atoms with E-state index in [0.717, 1.165) is 6.42 Å². The van der Waals surface area contributed by atoms with E-state index in [-0.39, 0.29) is 0 Å². The van der Waals surface area contributed by atoms with Gasteiger partial charge >= 0.3 is 0 Å². The molecule has 2 aliphatic rings. The molecule has 1 aliphatic carbocycles. The third kappa shape index (κ3) is 2.88. The van der Waals surface area contributed by atoms with Crippen LogP contribution in [0.2, 0.25) is 0 Å². The van der Waals surface area contributed by atoms with E-state index in [2.05, 4.69) is 47.4 Å². The van der Waals surface area contributed by atoms with E-state index in [1.54, 1.807) is 12.1 Å². The zero-order valence-corrected chi connectivity index (χ0v) is 16.6. The molecule has 3 aromatic rings. The van der Waals surface area contributed by atoms with Crippen LogP contribution in [0.4, 0.5) is 10.1 Å². The van der Waals surface area contributed by atoms with Crippen molar-refractivity contribution >= 4 is 22.9 Å². The number of nitriles is 1. The minimum atomic E-state index is -0.955. The third-order valence-electron chi connectivity index (χ3n) is 6.72. The molecule has 30 heavy (non-hydrogen) atoms. The number of rotatable bonds is 4. The monoisotopic (exact) mass is 399 g/mol. The van der Waals surface area contributed by atoms with Crippen molar-refractivity contribution in [3.8, 4) is 6.07 Å². The molecule has 1 fully saturated rings. The van der Waals surface area contributed by atoms with Crippen molar-refractivity contribution in [2.75, 3.05) is 18.0 Å². The van der Waals surface area contributed by atoms with E-state index in [1.807, 2.05) is 0 Å². The summed E-state index contributed by atoms with van der Waals surface area (Å²) in [6.07, 6.45) is 2.69. The van der Waals surface area contributed by atoms with Gasteiger partial charge < -0.3 is 0 Å². The average Bonchev–Trinajstić information content (AvgIpc) is 3.15. The highest BCUT2D eigenvalue weighted by molar-refractivity contribution is 5.91. The van der Waals surface area contributed by atoms with Gasteiger partial charge in [-0.2, -0.15) is 5.26 Å². The highest BCUT2D eigenvalue weighted by Gasteiger charge is 2.43. The van der Waals surface area contributed by atoms with E-state index < -0.39 is 11.4 Å². The smallest absolute Gasteiger partial charge is 0.215 e. The number of hydrogen-bond acceptors (Lipinski definition) is 3. The molecule has 0 radical (unpaired) electrons. The van der Waals surface area contributed by atoms with E-state index in [4.69, 9.17) is 0 Å². The minimum Gasteiger partial charge on any atom is -0.296 e. The Morgan fingerprint density at radius 3 is 2.53 bits per heavy atom. The number of likely N-dealkylation sites (tertiary alicyclic amines) is 1. The Kier molecular flexibility index (Phi) is 4.52. The summed E-state index contributed by atoms with van der Waals surface area (Å²) in [6, 6.07) is 21.5. The number of benzene rings is 3. The van der Waals surface area contributed by atoms with Crippen LogP contribution in [0, 0.1) is 17.1 Å². The second kappa shape index (κ2) is 7.23. The van der Waals surface area contributed by atoms with Gasteiger partial charge in [-0.1, -0.05) is 42.5 Å². The van der Waals surface area contributed by atoms with Crippen molar-refractivity contribution < 1.29 is 9.18 Å². The van der Waals surface area contributed by atoms with Gasteiger partial charge in [-0.05, 0) is 59.4 Å². The molecule has 0 saturated carbocycles. The zero-order chi connectivity index (χ0) is 20.7. The maximum absolute atomic E-state index is 13.7. The maximum atomic E-state index is 13.7. The van der Waals surface area contributed by atoms with Gasteiger partial charge in [0.05, 0.1) is 6.07 Å². The van der Waals surface area contributed by atoms with Gasteiger partial charge in [-0.25, -0.2) is 4.39 Å². The fourth-order valence-electron chi connectivity index (χ4n) is 5.19. The molecule has 1 amide bonds. The van der Waals surface area contributed by atoms with E-state index in [9.17, 15) is 14.4 Å². The summed E-state index contributed by atoms with van der Waals surface area (Å²) in [7, 11) is 0. The lowest BCUT2D eigenvalue weighted by Gasteiger charge is -2.44. The number of nitrogens with zero attached hydrogens (tertiary/aromatic N) is 3. The van der Waals surface area contributed by atoms with Gasteiger partial charge in [0.25, 0.3) is 0 Å². The van der Waals surface area contributed by atoms with Gasteiger partial charge in [0, 0.05) is 24.8 Å². The summed E-state index contributed by atoms with van der Waals surface area (Å²) in [5.41, 5.74) is 2.20. The molecular weight excluding hydrogens is 377 g/mol.